The highest BCUT2D eigenvalue weighted by Gasteiger charge is 2.31. The maximum atomic E-state index is 13.7. The predicted molar refractivity (Wildman–Crippen MR) is 68.9 cm³/mol. The first-order chi connectivity index (χ1) is 8.65. The summed E-state index contributed by atoms with van der Waals surface area (Å²) >= 11 is 0. The van der Waals surface area contributed by atoms with Crippen LogP contribution in [0.5, 0.6) is 0 Å². The van der Waals surface area contributed by atoms with Crippen LogP contribution in [-0.4, -0.2) is 28.6 Å². The Bertz CT molecular complexity index is 475. The molecular weight excluding hydrogens is 252 g/mol. The second kappa shape index (κ2) is 5.65. The largest absolute Gasteiger partial charge is 0.481 e. The minimum absolute atomic E-state index is 0.0786. The van der Waals surface area contributed by atoms with Crippen LogP contribution >= 0.6 is 0 Å². The van der Waals surface area contributed by atoms with Gasteiger partial charge in [-0.1, -0.05) is 0 Å². The minimum atomic E-state index is -0.927. The first kappa shape index (κ1) is 15.6. The first-order valence-electron chi connectivity index (χ1n) is 6.05. The lowest BCUT2D eigenvalue weighted by atomic mass is 9.94. The van der Waals surface area contributed by atoms with Crippen LogP contribution in [0.15, 0.2) is 18.2 Å². The lowest BCUT2D eigenvalue weighted by molar-refractivity contribution is -0.140. The van der Waals surface area contributed by atoms with E-state index in [0.29, 0.717) is 0 Å². The molecule has 0 aliphatic carbocycles. The van der Waals surface area contributed by atoms with Crippen molar-refractivity contribution in [2.24, 2.45) is 0 Å². The highest BCUT2D eigenvalue weighted by atomic mass is 19.1. The molecule has 5 heteroatoms. The van der Waals surface area contributed by atoms with Crippen molar-refractivity contribution in [2.45, 2.75) is 38.8 Å². The summed E-state index contributed by atoms with van der Waals surface area (Å²) in [5.74, 6) is -1.93. The molecule has 1 unspecified atom stereocenters. The van der Waals surface area contributed by atoms with E-state index in [1.807, 2.05) is 0 Å². The average molecular weight is 271 g/mol. The normalized spacial score (nSPS) is 13.6. The first-order valence-corrected chi connectivity index (χ1v) is 6.05. The molecule has 1 atom stereocenters. The zero-order chi connectivity index (χ0) is 14.8. The van der Waals surface area contributed by atoms with Gasteiger partial charge in [-0.25, -0.2) is 8.78 Å². The number of rotatable bonds is 5. The van der Waals surface area contributed by atoms with E-state index in [-0.39, 0.29) is 12.0 Å². The Morgan fingerprint density at radius 2 is 2.00 bits per heavy atom. The third-order valence-electron chi connectivity index (χ3n) is 3.53. The molecule has 0 aliphatic heterocycles. The molecule has 3 nitrogen and oxygen atoms in total. The number of benzene rings is 1. The Hall–Kier alpha value is -1.49. The van der Waals surface area contributed by atoms with Gasteiger partial charge in [0.15, 0.2) is 0 Å². The van der Waals surface area contributed by atoms with Crippen LogP contribution in [-0.2, 0) is 4.79 Å². The average Bonchev–Trinajstić information content (AvgIpc) is 2.28. The van der Waals surface area contributed by atoms with E-state index in [4.69, 9.17) is 5.11 Å². The zero-order valence-corrected chi connectivity index (χ0v) is 11.6. The molecule has 106 valence electrons. The molecule has 0 saturated heterocycles. The van der Waals surface area contributed by atoms with Gasteiger partial charge in [-0.2, -0.15) is 0 Å². The number of nitrogens with zero attached hydrogens (tertiary/aromatic N) is 1. The second-order valence-corrected chi connectivity index (χ2v) is 5.34. The molecule has 0 bridgehead atoms. The summed E-state index contributed by atoms with van der Waals surface area (Å²) in [6, 6.07) is 2.87. The number of halogens is 2. The van der Waals surface area contributed by atoms with Crippen molar-refractivity contribution in [3.63, 3.8) is 0 Å². The van der Waals surface area contributed by atoms with E-state index in [0.717, 1.165) is 18.2 Å². The van der Waals surface area contributed by atoms with Gasteiger partial charge >= 0.3 is 5.97 Å². The highest BCUT2D eigenvalue weighted by molar-refractivity contribution is 5.68. The minimum Gasteiger partial charge on any atom is -0.481 e. The Morgan fingerprint density at radius 3 is 2.53 bits per heavy atom. The van der Waals surface area contributed by atoms with Gasteiger partial charge in [0.25, 0.3) is 0 Å². The lowest BCUT2D eigenvalue weighted by Crippen LogP contribution is -2.44. The highest BCUT2D eigenvalue weighted by Crippen LogP contribution is 2.30. The van der Waals surface area contributed by atoms with Gasteiger partial charge in [0.05, 0.1) is 6.42 Å². The summed E-state index contributed by atoms with van der Waals surface area (Å²) in [6.07, 6.45) is -0.0786. The van der Waals surface area contributed by atoms with Crippen molar-refractivity contribution in [3.8, 4) is 0 Å². The van der Waals surface area contributed by atoms with E-state index < -0.39 is 29.2 Å². The van der Waals surface area contributed by atoms with E-state index >= 15 is 0 Å². The third kappa shape index (κ3) is 3.73. The molecule has 0 saturated carbocycles. The predicted octanol–water partition coefficient (Wildman–Crippen LogP) is 3.21. The number of carboxylic acids is 1. The summed E-state index contributed by atoms with van der Waals surface area (Å²) in [6.45, 7) is 5.24. The van der Waals surface area contributed by atoms with Crippen LogP contribution < -0.4 is 0 Å². The fraction of sp³-hybridized carbons (Fsp3) is 0.500. The van der Waals surface area contributed by atoms with Crippen molar-refractivity contribution >= 4 is 5.97 Å². The number of carbonyl (C=O) groups is 1. The number of aliphatic carboxylic acids is 1. The number of hydrogen-bond donors (Lipinski definition) is 1. The molecule has 0 amide bonds. The van der Waals surface area contributed by atoms with E-state index in [1.165, 1.54) is 0 Å². The molecule has 0 radical (unpaired) electrons. The fourth-order valence-corrected chi connectivity index (χ4v) is 2.06. The summed E-state index contributed by atoms with van der Waals surface area (Å²) < 4.78 is 26.9. The van der Waals surface area contributed by atoms with Gasteiger partial charge < -0.3 is 5.11 Å². The van der Waals surface area contributed by atoms with Crippen LogP contribution in [0.3, 0.4) is 0 Å². The van der Waals surface area contributed by atoms with Gasteiger partial charge in [-0.3, -0.25) is 9.69 Å². The quantitative estimate of drug-likeness (QED) is 0.894. The van der Waals surface area contributed by atoms with Crippen LogP contribution in [0.1, 0.15) is 38.8 Å². The van der Waals surface area contributed by atoms with E-state index in [9.17, 15) is 13.6 Å². The Labute approximate surface area is 111 Å². The molecule has 1 aromatic rings. The molecule has 1 rings (SSSR count). The van der Waals surface area contributed by atoms with Gasteiger partial charge in [0.2, 0.25) is 0 Å². The van der Waals surface area contributed by atoms with Crippen molar-refractivity contribution in [1.29, 1.82) is 0 Å². The zero-order valence-electron chi connectivity index (χ0n) is 11.6. The van der Waals surface area contributed by atoms with Crippen molar-refractivity contribution in [3.05, 3.63) is 35.4 Å². The molecule has 0 aromatic heterocycles. The van der Waals surface area contributed by atoms with Crippen LogP contribution in [0.4, 0.5) is 8.78 Å². The van der Waals surface area contributed by atoms with Crippen molar-refractivity contribution in [1.82, 2.24) is 4.90 Å². The molecule has 1 N–H and O–H groups in total. The molecular formula is C14H19F2NO2. The van der Waals surface area contributed by atoms with Crippen molar-refractivity contribution in [2.75, 3.05) is 7.05 Å². The fourth-order valence-electron chi connectivity index (χ4n) is 2.06. The van der Waals surface area contributed by atoms with Crippen molar-refractivity contribution < 1.29 is 18.7 Å². The van der Waals surface area contributed by atoms with Gasteiger partial charge in [-0.05, 0) is 46.0 Å². The number of hydrogen-bond acceptors (Lipinski definition) is 2. The summed E-state index contributed by atoms with van der Waals surface area (Å²) in [7, 11) is 1.71. The van der Waals surface area contributed by atoms with E-state index in [1.54, 1.807) is 32.7 Å². The summed E-state index contributed by atoms with van der Waals surface area (Å²) in [5, 5.41) is 8.89. The SMILES string of the molecule is CC(c1cc(F)ccc1F)N(C)C(C)(C)CC(=O)O. The Morgan fingerprint density at radius 1 is 1.42 bits per heavy atom. The molecule has 1 aromatic carbocycles. The smallest absolute Gasteiger partial charge is 0.305 e. The molecule has 19 heavy (non-hydrogen) atoms. The van der Waals surface area contributed by atoms with Crippen LogP contribution in [0.25, 0.3) is 0 Å². The maximum Gasteiger partial charge on any atom is 0.305 e. The lowest BCUT2D eigenvalue weighted by Gasteiger charge is -2.39. The van der Waals surface area contributed by atoms with Crippen LogP contribution in [0.2, 0.25) is 0 Å². The monoisotopic (exact) mass is 271 g/mol. The molecule has 0 fully saturated rings. The Balaban J connectivity index is 3.01. The van der Waals surface area contributed by atoms with Gasteiger partial charge in [0, 0.05) is 17.1 Å². The van der Waals surface area contributed by atoms with Crippen LogP contribution in [0, 0.1) is 11.6 Å². The third-order valence-corrected chi connectivity index (χ3v) is 3.53. The topological polar surface area (TPSA) is 40.5 Å². The number of carboxylic acid groups (broad SMARTS) is 1. The standard InChI is InChI=1S/C14H19F2NO2/c1-9(11-7-10(15)5-6-12(11)16)17(4)14(2,3)8-13(18)19/h5-7,9H,8H2,1-4H3,(H,18,19). The van der Waals surface area contributed by atoms with E-state index in [2.05, 4.69) is 0 Å². The summed E-state index contributed by atoms with van der Waals surface area (Å²) in [4.78, 5) is 12.6. The molecule has 0 aliphatic rings. The van der Waals surface area contributed by atoms with Gasteiger partial charge in [0.1, 0.15) is 11.6 Å². The second-order valence-electron chi connectivity index (χ2n) is 5.34. The molecule has 0 spiro atoms. The molecule has 0 heterocycles. The Kier molecular flexibility index (Phi) is 4.63. The van der Waals surface area contributed by atoms with Gasteiger partial charge in [-0.15, -0.1) is 0 Å². The summed E-state index contributed by atoms with van der Waals surface area (Å²) in [5.41, 5.74) is -0.440. The maximum absolute atomic E-state index is 13.7.